The number of alkyl halides is 3. The van der Waals surface area contributed by atoms with Crippen molar-refractivity contribution >= 4 is 13.3 Å². The summed E-state index contributed by atoms with van der Waals surface area (Å²) in [5, 5.41) is 11.6. The van der Waals surface area contributed by atoms with E-state index in [1.165, 1.54) is 12.1 Å². The molecule has 1 atom stereocenters. The van der Waals surface area contributed by atoms with Crippen LogP contribution in [0, 0.1) is 0 Å². The van der Waals surface area contributed by atoms with Gasteiger partial charge in [0.15, 0.2) is 0 Å². The van der Waals surface area contributed by atoms with Crippen LogP contribution in [0.15, 0.2) is 54.6 Å². The lowest BCUT2D eigenvalue weighted by Crippen LogP contribution is -2.47. The second-order valence-electron chi connectivity index (χ2n) is 5.61. The third kappa shape index (κ3) is 3.36. The summed E-state index contributed by atoms with van der Waals surface area (Å²) < 4.78 is 37.7. The Bertz CT molecular complexity index is 591. The smallest absolute Gasteiger partial charge is 0.392 e. The maximum absolute atomic E-state index is 12.6. The molecule has 0 aliphatic carbocycles. The lowest BCUT2D eigenvalue weighted by molar-refractivity contribution is -0.137. The average Bonchev–Trinajstić information content (AvgIpc) is 2.46. The van der Waals surface area contributed by atoms with E-state index in [2.05, 4.69) is 0 Å². The van der Waals surface area contributed by atoms with Crippen molar-refractivity contribution in [1.29, 1.82) is 0 Å². The van der Waals surface area contributed by atoms with Crippen LogP contribution >= 0.6 is 0 Å². The fraction of sp³-hybridized carbons (Fsp3) is 0.250. The van der Waals surface area contributed by atoms with Crippen LogP contribution in [-0.2, 0) is 6.18 Å². The van der Waals surface area contributed by atoms with Crippen LogP contribution in [0.4, 0.5) is 13.2 Å². The van der Waals surface area contributed by atoms with E-state index < -0.39 is 25.5 Å². The summed E-state index contributed by atoms with van der Waals surface area (Å²) in [6, 6.07) is 14.4. The first kappa shape index (κ1) is 15.8. The van der Waals surface area contributed by atoms with Gasteiger partial charge in [-0.05, 0) is 17.7 Å². The molecule has 2 aromatic rings. The zero-order valence-electron chi connectivity index (χ0n) is 11.9. The zero-order valence-corrected chi connectivity index (χ0v) is 12.9. The Morgan fingerprint density at radius 1 is 0.905 bits per heavy atom. The number of hydrogen-bond donors (Lipinski definition) is 1. The minimum Gasteiger partial charge on any atom is -0.392 e. The van der Waals surface area contributed by atoms with Crippen molar-refractivity contribution in [2.45, 2.75) is 25.0 Å². The summed E-state index contributed by atoms with van der Waals surface area (Å²) in [6.45, 7) is 4.01. The Hall–Kier alpha value is -1.59. The van der Waals surface area contributed by atoms with Crippen molar-refractivity contribution < 1.29 is 18.3 Å². The predicted molar refractivity (Wildman–Crippen MR) is 80.0 cm³/mol. The van der Waals surface area contributed by atoms with Crippen molar-refractivity contribution in [2.75, 3.05) is 0 Å². The molecule has 0 aromatic heterocycles. The number of halogens is 3. The highest BCUT2D eigenvalue weighted by Gasteiger charge is 2.35. The van der Waals surface area contributed by atoms with Gasteiger partial charge in [0.1, 0.15) is 8.07 Å². The molecule has 1 nitrogen and oxygen atoms in total. The molecule has 0 amide bonds. The number of benzene rings is 2. The van der Waals surface area contributed by atoms with Gasteiger partial charge in [0, 0.05) is 0 Å². The zero-order chi connectivity index (χ0) is 15.7. The quantitative estimate of drug-likeness (QED) is 0.853. The normalized spacial score (nSPS) is 14.0. The van der Waals surface area contributed by atoms with E-state index in [1.54, 1.807) is 0 Å². The van der Waals surface area contributed by atoms with Gasteiger partial charge in [-0.3, -0.25) is 0 Å². The SMILES string of the molecule is C[Si](C)(c1ccccc1)[C@H](O)c1ccc(C(F)(F)F)cc1. The molecule has 0 aliphatic rings. The lowest BCUT2D eigenvalue weighted by atomic mass is 10.1. The monoisotopic (exact) mass is 310 g/mol. The standard InChI is InChI=1S/C16H17F3OSi/c1-21(2,14-6-4-3-5-7-14)15(20)12-8-10-13(11-9-12)16(17,18)19/h3-11,15,20H,1-2H3/t15-/m0/s1. The molecule has 0 unspecified atom stereocenters. The van der Waals surface area contributed by atoms with E-state index in [0.717, 1.165) is 17.3 Å². The first-order valence-corrected chi connectivity index (χ1v) is 9.71. The fourth-order valence-corrected chi connectivity index (χ4v) is 4.69. The number of aliphatic hydroxyl groups is 1. The number of hydrogen-bond acceptors (Lipinski definition) is 1. The first-order valence-electron chi connectivity index (χ1n) is 6.63. The summed E-state index contributed by atoms with van der Waals surface area (Å²) in [6.07, 6.45) is -4.35. The molecule has 0 saturated carbocycles. The van der Waals surface area contributed by atoms with Crippen molar-refractivity contribution in [3.63, 3.8) is 0 Å². The Morgan fingerprint density at radius 3 is 1.90 bits per heavy atom. The summed E-state index contributed by atoms with van der Waals surface area (Å²) in [5.41, 5.74) is -0.914. The minimum atomic E-state index is -4.35. The molecule has 0 fully saturated rings. The fourth-order valence-electron chi connectivity index (χ4n) is 2.30. The van der Waals surface area contributed by atoms with Crippen LogP contribution in [0.2, 0.25) is 13.1 Å². The summed E-state index contributed by atoms with van der Waals surface area (Å²) in [7, 11) is -2.21. The molecular weight excluding hydrogens is 293 g/mol. The minimum absolute atomic E-state index is 0.531. The van der Waals surface area contributed by atoms with Crippen molar-refractivity contribution in [2.24, 2.45) is 0 Å². The molecule has 0 bridgehead atoms. The molecule has 112 valence electrons. The maximum atomic E-state index is 12.6. The van der Waals surface area contributed by atoms with Crippen molar-refractivity contribution in [3.05, 3.63) is 65.7 Å². The first-order chi connectivity index (χ1) is 9.73. The Labute approximate surface area is 123 Å². The third-order valence-electron chi connectivity index (χ3n) is 3.76. The largest absolute Gasteiger partial charge is 0.416 e. The second kappa shape index (κ2) is 5.65. The number of aliphatic hydroxyl groups excluding tert-OH is 1. The molecule has 21 heavy (non-hydrogen) atoms. The molecule has 2 rings (SSSR count). The van der Waals surface area contributed by atoms with Gasteiger partial charge >= 0.3 is 6.18 Å². The molecule has 0 radical (unpaired) electrons. The highest BCUT2D eigenvalue weighted by molar-refractivity contribution is 6.90. The average molecular weight is 310 g/mol. The van der Waals surface area contributed by atoms with Gasteiger partial charge in [0.25, 0.3) is 0 Å². The molecule has 5 heteroatoms. The summed E-state index contributed by atoms with van der Waals surface area (Å²) in [4.78, 5) is 0. The van der Waals surface area contributed by atoms with Gasteiger partial charge in [-0.1, -0.05) is 60.7 Å². The van der Waals surface area contributed by atoms with Gasteiger partial charge in [-0.15, -0.1) is 0 Å². The van der Waals surface area contributed by atoms with E-state index in [1.807, 2.05) is 43.4 Å². The van der Waals surface area contributed by atoms with Crippen LogP contribution < -0.4 is 5.19 Å². The Kier molecular flexibility index (Phi) is 4.25. The lowest BCUT2D eigenvalue weighted by Gasteiger charge is -2.29. The molecule has 0 saturated heterocycles. The highest BCUT2D eigenvalue weighted by Crippen LogP contribution is 2.31. The van der Waals surface area contributed by atoms with E-state index in [0.29, 0.717) is 5.56 Å². The van der Waals surface area contributed by atoms with Crippen LogP contribution in [0.5, 0.6) is 0 Å². The Morgan fingerprint density at radius 2 is 1.43 bits per heavy atom. The van der Waals surface area contributed by atoms with Gasteiger partial charge in [0.2, 0.25) is 0 Å². The van der Waals surface area contributed by atoms with Crippen LogP contribution in [0.25, 0.3) is 0 Å². The van der Waals surface area contributed by atoms with E-state index >= 15 is 0 Å². The van der Waals surface area contributed by atoms with Gasteiger partial charge < -0.3 is 5.11 Å². The molecule has 0 spiro atoms. The van der Waals surface area contributed by atoms with E-state index in [9.17, 15) is 18.3 Å². The van der Waals surface area contributed by atoms with E-state index in [-0.39, 0.29) is 0 Å². The molecule has 0 heterocycles. The maximum Gasteiger partial charge on any atom is 0.416 e. The van der Waals surface area contributed by atoms with Crippen molar-refractivity contribution in [1.82, 2.24) is 0 Å². The summed E-state index contributed by atoms with van der Waals surface area (Å²) >= 11 is 0. The molecule has 0 aliphatic heterocycles. The number of rotatable bonds is 3. The van der Waals surface area contributed by atoms with Gasteiger partial charge in [0.05, 0.1) is 11.3 Å². The Balaban J connectivity index is 2.29. The molecule has 1 N–H and O–H groups in total. The predicted octanol–water partition coefficient (Wildman–Crippen LogP) is 3.89. The van der Waals surface area contributed by atoms with Crippen molar-refractivity contribution in [3.8, 4) is 0 Å². The van der Waals surface area contributed by atoms with Crippen LogP contribution in [0.1, 0.15) is 16.9 Å². The van der Waals surface area contributed by atoms with Crippen LogP contribution in [0.3, 0.4) is 0 Å². The third-order valence-corrected chi connectivity index (χ3v) is 7.28. The molecule has 2 aromatic carbocycles. The van der Waals surface area contributed by atoms with Crippen LogP contribution in [-0.4, -0.2) is 13.2 Å². The van der Waals surface area contributed by atoms with Gasteiger partial charge in [-0.25, -0.2) is 0 Å². The van der Waals surface area contributed by atoms with Gasteiger partial charge in [-0.2, -0.15) is 13.2 Å². The topological polar surface area (TPSA) is 20.2 Å². The highest BCUT2D eigenvalue weighted by atomic mass is 28.3. The van der Waals surface area contributed by atoms with E-state index in [4.69, 9.17) is 0 Å². The molecular formula is C16H17F3OSi. The second-order valence-corrected chi connectivity index (χ2v) is 10.2. The summed E-state index contributed by atoms with van der Waals surface area (Å²) in [5.74, 6) is 0.